The smallest absolute Gasteiger partial charge is 0.418 e. The summed E-state index contributed by atoms with van der Waals surface area (Å²) in [5, 5.41) is 13.6. The van der Waals surface area contributed by atoms with Crippen molar-refractivity contribution in [3.8, 4) is 22.5 Å². The third kappa shape index (κ3) is 12.2. The molecule has 0 aliphatic heterocycles. The molecule has 0 bridgehead atoms. The molecule has 28 heteroatoms. The SMILES string of the molecule is CC[C@@H](Nc1cc(F)c(C(=O)N[C@@H](Cc2ccc(-c3nc(N)ccc3C(F)(F)F)c3nccn23)C(=O)O)c(F)c1)C(F)(F)F.COC(=O)[C@@H](N)Cc1ccc(-c2nc(N)ccc2C(F)(F)F)c2nccn12.Cl. The van der Waals surface area contributed by atoms with Gasteiger partial charge in [-0.15, -0.1) is 12.4 Å². The zero-order valence-corrected chi connectivity index (χ0v) is 37.8. The maximum absolute atomic E-state index is 14.7. The number of carboxylic acid groups (broad SMARTS) is 1. The van der Waals surface area contributed by atoms with Crippen molar-refractivity contribution in [2.75, 3.05) is 23.9 Å². The van der Waals surface area contributed by atoms with Crippen molar-refractivity contribution in [3.05, 3.63) is 125 Å². The third-order valence-corrected chi connectivity index (χ3v) is 10.6. The van der Waals surface area contributed by atoms with Gasteiger partial charge >= 0.3 is 30.5 Å². The molecule has 384 valence electrons. The number of alkyl halides is 9. The summed E-state index contributed by atoms with van der Waals surface area (Å²) in [7, 11) is 1.22. The van der Waals surface area contributed by atoms with E-state index in [-0.39, 0.29) is 64.3 Å². The highest BCUT2D eigenvalue weighted by molar-refractivity contribution is 5.97. The van der Waals surface area contributed by atoms with Gasteiger partial charge < -0.3 is 46.5 Å². The lowest BCUT2D eigenvalue weighted by Crippen LogP contribution is -2.43. The van der Waals surface area contributed by atoms with Crippen LogP contribution in [0.2, 0.25) is 0 Å². The molecular formula is C44H39ClF11N11O5. The van der Waals surface area contributed by atoms with E-state index in [1.807, 2.05) is 10.6 Å². The Kier molecular flexibility index (Phi) is 16.6. The van der Waals surface area contributed by atoms with Gasteiger partial charge in [0.05, 0.1) is 29.6 Å². The van der Waals surface area contributed by atoms with E-state index in [1.165, 1.54) is 55.2 Å². The van der Waals surface area contributed by atoms with Crippen LogP contribution in [0.4, 0.5) is 65.6 Å². The van der Waals surface area contributed by atoms with Crippen molar-refractivity contribution in [3.63, 3.8) is 0 Å². The van der Waals surface area contributed by atoms with Crippen LogP contribution in [0.3, 0.4) is 0 Å². The number of benzene rings is 1. The van der Waals surface area contributed by atoms with E-state index in [2.05, 4.69) is 24.7 Å². The average molecular weight is 1050 g/mol. The lowest BCUT2D eigenvalue weighted by Gasteiger charge is -2.22. The van der Waals surface area contributed by atoms with Crippen molar-refractivity contribution in [2.24, 2.45) is 5.73 Å². The van der Waals surface area contributed by atoms with Crippen molar-refractivity contribution < 1.29 is 72.5 Å². The Morgan fingerprint density at radius 3 is 1.60 bits per heavy atom. The van der Waals surface area contributed by atoms with Crippen molar-refractivity contribution in [1.29, 1.82) is 0 Å². The first-order chi connectivity index (χ1) is 33.2. The number of ether oxygens (including phenoxy) is 1. The Balaban J connectivity index is 0.000000294. The number of aromatic nitrogens is 6. The molecule has 1 aromatic carbocycles. The number of amides is 1. The van der Waals surface area contributed by atoms with Crippen LogP contribution in [0.15, 0.2) is 85.5 Å². The lowest BCUT2D eigenvalue weighted by molar-refractivity contribution is -0.143. The number of hydrogen-bond acceptors (Lipinski definition) is 12. The highest BCUT2D eigenvalue weighted by Gasteiger charge is 2.39. The summed E-state index contributed by atoms with van der Waals surface area (Å²) < 4.78 is 157. The molecule has 0 unspecified atom stereocenters. The van der Waals surface area contributed by atoms with Gasteiger partial charge in [-0.1, -0.05) is 6.92 Å². The topological polar surface area (TPSA) is 243 Å². The van der Waals surface area contributed by atoms with Crippen LogP contribution in [-0.4, -0.2) is 83.1 Å². The third-order valence-electron chi connectivity index (χ3n) is 10.6. The number of carbonyl (C=O) groups is 3. The molecule has 0 aliphatic carbocycles. The maximum atomic E-state index is 14.7. The monoisotopic (exact) mass is 1050 g/mol. The molecule has 1 amide bonds. The number of hydrogen-bond donors (Lipinski definition) is 6. The van der Waals surface area contributed by atoms with Crippen molar-refractivity contribution in [1.82, 2.24) is 34.1 Å². The van der Waals surface area contributed by atoms with E-state index in [1.54, 1.807) is 16.7 Å². The first kappa shape index (κ1) is 55.1. The minimum Gasteiger partial charge on any atom is -0.480 e. The van der Waals surface area contributed by atoms with E-state index in [0.717, 1.165) is 24.3 Å². The second-order valence-electron chi connectivity index (χ2n) is 15.3. The summed E-state index contributed by atoms with van der Waals surface area (Å²) >= 11 is 0. The molecule has 72 heavy (non-hydrogen) atoms. The number of pyridine rings is 4. The van der Waals surface area contributed by atoms with E-state index in [0.29, 0.717) is 17.8 Å². The Morgan fingerprint density at radius 1 is 0.736 bits per heavy atom. The highest BCUT2D eigenvalue weighted by atomic mass is 35.5. The molecular weight excluding hydrogens is 1010 g/mol. The maximum Gasteiger partial charge on any atom is 0.418 e. The number of aliphatic carboxylic acids is 1. The van der Waals surface area contributed by atoms with Gasteiger partial charge in [0, 0.05) is 65.8 Å². The molecule has 0 saturated heterocycles. The Bertz CT molecular complexity index is 3100. The normalized spacial score (nSPS) is 13.1. The quantitative estimate of drug-likeness (QED) is 0.0476. The van der Waals surface area contributed by atoms with E-state index in [9.17, 15) is 67.8 Å². The first-order valence-electron chi connectivity index (χ1n) is 20.5. The summed E-state index contributed by atoms with van der Waals surface area (Å²) in [5.41, 5.74) is 13.2. The number of anilines is 3. The molecule has 0 saturated carbocycles. The van der Waals surface area contributed by atoms with Gasteiger partial charge in [-0.25, -0.2) is 33.5 Å². The number of nitrogens with zero attached hydrogens (tertiary/aromatic N) is 6. The number of nitrogen functional groups attached to an aromatic ring is 2. The number of fused-ring (bicyclic) bond motifs is 2. The van der Waals surface area contributed by atoms with Gasteiger partial charge in [-0.2, -0.15) is 39.5 Å². The van der Waals surface area contributed by atoms with Crippen LogP contribution >= 0.6 is 12.4 Å². The second kappa shape index (κ2) is 21.7. The predicted octanol–water partition coefficient (Wildman–Crippen LogP) is 7.92. The van der Waals surface area contributed by atoms with Gasteiger partial charge in [0.15, 0.2) is 0 Å². The molecule has 16 nitrogen and oxygen atoms in total. The van der Waals surface area contributed by atoms with Crippen molar-refractivity contribution in [2.45, 2.75) is 62.8 Å². The summed E-state index contributed by atoms with van der Waals surface area (Å²) in [6.45, 7) is 1.20. The van der Waals surface area contributed by atoms with Gasteiger partial charge in [0.2, 0.25) is 0 Å². The van der Waals surface area contributed by atoms with Gasteiger partial charge in [0.25, 0.3) is 5.91 Å². The Morgan fingerprint density at radius 2 is 1.19 bits per heavy atom. The standard InChI is InChI=1S/C27H22F8N6O3.C17H16F3N5O2.ClH/c1-2-19(27(33,34)35)38-12-9-16(28)21(17(29)10-12)24(42)39-18(25(43)44)11-13-3-4-14(23-37-7-8-41(13)23)22-15(26(30,31)32)5-6-20(36)40-22;1-27-16(26)12(21)8-9-2-3-10(15-23-6-7-25(9)15)14-11(17(18,19)20)4-5-13(22)24-14;/h3-10,18-19,38H,2,11H2,1H3,(H2,36,40)(H,39,42)(H,43,44);2-7,12H,8,21H2,1H3,(H2,22,24);1H/t18-,19+;12-;/m00./s1. The molecule has 7 aromatic rings. The molecule has 6 aromatic heterocycles. The fraction of sp³-hybridized carbons (Fsp3) is 0.250. The number of halogens is 12. The molecule has 7 rings (SSSR count). The van der Waals surface area contributed by atoms with Gasteiger partial charge in [-0.3, -0.25) is 9.59 Å². The first-order valence-corrected chi connectivity index (χ1v) is 20.5. The summed E-state index contributed by atoms with van der Waals surface area (Å²) in [4.78, 5) is 52.2. The predicted molar refractivity (Wildman–Crippen MR) is 239 cm³/mol. The second-order valence-corrected chi connectivity index (χ2v) is 15.3. The number of esters is 1. The van der Waals surface area contributed by atoms with Crippen LogP contribution in [0, 0.1) is 11.6 Å². The van der Waals surface area contributed by atoms with Crippen LogP contribution in [0.25, 0.3) is 33.8 Å². The number of carboxylic acids is 1. The minimum atomic E-state index is -4.80. The lowest BCUT2D eigenvalue weighted by atomic mass is 10.0. The number of methoxy groups -OCH3 is 1. The highest BCUT2D eigenvalue weighted by Crippen LogP contribution is 2.39. The summed E-state index contributed by atoms with van der Waals surface area (Å²) in [5.74, 6) is -7.10. The molecule has 9 N–H and O–H groups in total. The molecule has 0 spiro atoms. The molecule has 3 atom stereocenters. The molecule has 0 fully saturated rings. The largest absolute Gasteiger partial charge is 0.480 e. The van der Waals surface area contributed by atoms with Gasteiger partial charge in [0.1, 0.15) is 58.3 Å². The molecule has 6 heterocycles. The van der Waals surface area contributed by atoms with Gasteiger partial charge in [-0.05, 0) is 67.1 Å². The summed E-state index contributed by atoms with van der Waals surface area (Å²) in [6.07, 6.45) is -9.46. The van der Waals surface area contributed by atoms with E-state index in [4.69, 9.17) is 17.2 Å². The van der Waals surface area contributed by atoms with Crippen molar-refractivity contribution >= 4 is 58.9 Å². The van der Waals surface area contributed by atoms with E-state index < -0.39 is 107 Å². The van der Waals surface area contributed by atoms with Crippen LogP contribution in [0.5, 0.6) is 0 Å². The zero-order chi connectivity index (χ0) is 52.3. The number of carbonyl (C=O) groups excluding carboxylic acids is 2. The van der Waals surface area contributed by atoms with Crippen LogP contribution in [-0.2, 0) is 39.5 Å². The molecule has 0 radical (unpaired) electrons. The number of nitrogens with one attached hydrogen (secondary N) is 2. The summed E-state index contributed by atoms with van der Waals surface area (Å²) in [6, 6.07) is 5.26. The number of rotatable bonds is 13. The zero-order valence-electron chi connectivity index (χ0n) is 37.0. The fourth-order valence-electron chi connectivity index (χ4n) is 7.25. The molecule has 0 aliphatic rings. The number of imidazole rings is 2. The Hall–Kier alpha value is -7.81. The van der Waals surface area contributed by atoms with Crippen LogP contribution < -0.4 is 27.8 Å². The Labute approximate surface area is 404 Å². The van der Waals surface area contributed by atoms with E-state index >= 15 is 0 Å². The van der Waals surface area contributed by atoms with Crippen LogP contribution in [0.1, 0.15) is 46.2 Å². The number of nitrogens with two attached hydrogens (primary N) is 3. The fourth-order valence-corrected chi connectivity index (χ4v) is 7.25. The minimum absolute atomic E-state index is 0. The average Bonchev–Trinajstić information content (AvgIpc) is 3.98.